The summed E-state index contributed by atoms with van der Waals surface area (Å²) in [5.41, 5.74) is 0.347. The Morgan fingerprint density at radius 1 is 1.17 bits per heavy atom. The van der Waals surface area contributed by atoms with Gasteiger partial charge in [-0.15, -0.1) is 10.2 Å². The lowest BCUT2D eigenvalue weighted by Crippen LogP contribution is -1.91. The molecule has 1 heterocycles. The van der Waals surface area contributed by atoms with Crippen molar-refractivity contribution in [2.24, 2.45) is 0 Å². The van der Waals surface area contributed by atoms with E-state index in [1.807, 2.05) is 6.92 Å². The van der Waals surface area contributed by atoms with Crippen LogP contribution in [0.2, 0.25) is 0 Å². The Bertz CT molecular complexity index is 531. The Balaban J connectivity index is 2.00. The van der Waals surface area contributed by atoms with Crippen molar-refractivity contribution in [3.63, 3.8) is 0 Å². The van der Waals surface area contributed by atoms with Crippen molar-refractivity contribution in [2.75, 3.05) is 5.75 Å². The molecule has 2 rings (SSSR count). The third kappa shape index (κ3) is 3.43. The minimum Gasteiger partial charge on any atom is -0.204 e. The van der Waals surface area contributed by atoms with Gasteiger partial charge in [0.05, 0.1) is 0 Å². The van der Waals surface area contributed by atoms with Crippen LogP contribution in [0.5, 0.6) is 0 Å². The van der Waals surface area contributed by atoms with Gasteiger partial charge in [-0.3, -0.25) is 0 Å². The average Bonchev–Trinajstić information content (AvgIpc) is 2.79. The van der Waals surface area contributed by atoms with Crippen LogP contribution < -0.4 is 0 Å². The molecule has 7 heteroatoms. The lowest BCUT2D eigenvalue weighted by atomic mass is 10.2. The summed E-state index contributed by atoms with van der Waals surface area (Å²) in [6, 6.07) is 4.20. The lowest BCUT2D eigenvalue weighted by Gasteiger charge is -2.01. The van der Waals surface area contributed by atoms with E-state index < -0.39 is 11.6 Å². The van der Waals surface area contributed by atoms with Crippen LogP contribution in [0.25, 0.3) is 0 Å². The van der Waals surface area contributed by atoms with Crippen molar-refractivity contribution in [2.45, 2.75) is 21.4 Å². The van der Waals surface area contributed by atoms with E-state index in [-0.39, 0.29) is 0 Å². The van der Waals surface area contributed by atoms with Gasteiger partial charge in [0.25, 0.3) is 0 Å². The molecule has 96 valence electrons. The van der Waals surface area contributed by atoms with Crippen molar-refractivity contribution in [3.05, 3.63) is 35.4 Å². The Hall–Kier alpha value is -0.660. The number of thioether (sulfide) groups is 2. The highest BCUT2D eigenvalue weighted by Crippen LogP contribution is 2.31. The van der Waals surface area contributed by atoms with Crippen LogP contribution in [-0.2, 0) is 5.75 Å². The highest BCUT2D eigenvalue weighted by Gasteiger charge is 2.10. The predicted molar refractivity (Wildman–Crippen MR) is 72.2 cm³/mol. The van der Waals surface area contributed by atoms with Crippen molar-refractivity contribution >= 4 is 34.9 Å². The first-order valence-electron chi connectivity index (χ1n) is 5.22. The number of benzene rings is 1. The highest BCUT2D eigenvalue weighted by molar-refractivity contribution is 8.02. The number of halogens is 2. The zero-order valence-electron chi connectivity index (χ0n) is 9.52. The molecule has 0 radical (unpaired) electrons. The quantitative estimate of drug-likeness (QED) is 0.772. The van der Waals surface area contributed by atoms with E-state index in [1.54, 1.807) is 17.8 Å². The summed E-state index contributed by atoms with van der Waals surface area (Å²) in [6.07, 6.45) is 0. The zero-order valence-corrected chi connectivity index (χ0v) is 12.0. The summed E-state index contributed by atoms with van der Waals surface area (Å²) in [6.45, 7) is 2.04. The van der Waals surface area contributed by atoms with E-state index in [1.165, 1.54) is 29.2 Å². The molecule has 18 heavy (non-hydrogen) atoms. The monoisotopic (exact) mass is 304 g/mol. The minimum atomic E-state index is -0.812. The molecule has 0 N–H and O–H groups in total. The summed E-state index contributed by atoms with van der Waals surface area (Å²) >= 11 is 4.46. The topological polar surface area (TPSA) is 25.8 Å². The maximum absolute atomic E-state index is 13.4. The molecule has 0 spiro atoms. The van der Waals surface area contributed by atoms with Gasteiger partial charge in [-0.2, -0.15) is 0 Å². The summed E-state index contributed by atoms with van der Waals surface area (Å²) in [5.74, 6) is -0.294. The maximum Gasteiger partial charge on any atom is 0.175 e. The predicted octanol–water partition coefficient (Wildman–Crippen LogP) is 4.22. The highest BCUT2D eigenvalue weighted by atomic mass is 32.2. The molecule has 0 amide bonds. The van der Waals surface area contributed by atoms with Gasteiger partial charge in [0.2, 0.25) is 0 Å². The Morgan fingerprint density at radius 2 is 1.89 bits per heavy atom. The van der Waals surface area contributed by atoms with Crippen molar-refractivity contribution in [1.29, 1.82) is 0 Å². The summed E-state index contributed by atoms with van der Waals surface area (Å²) < 4.78 is 28.1. The normalized spacial score (nSPS) is 10.8. The molecule has 0 unspecified atom stereocenters. The summed E-state index contributed by atoms with van der Waals surface area (Å²) in [5, 5.41) is 8.00. The number of nitrogens with zero attached hydrogens (tertiary/aromatic N) is 2. The third-order valence-electron chi connectivity index (χ3n) is 2.04. The lowest BCUT2D eigenvalue weighted by molar-refractivity contribution is 0.502. The van der Waals surface area contributed by atoms with Crippen molar-refractivity contribution < 1.29 is 8.78 Å². The van der Waals surface area contributed by atoms with Crippen LogP contribution in [-0.4, -0.2) is 16.0 Å². The molecular weight excluding hydrogens is 294 g/mol. The van der Waals surface area contributed by atoms with E-state index in [2.05, 4.69) is 10.2 Å². The van der Waals surface area contributed by atoms with E-state index in [4.69, 9.17) is 0 Å². The SMILES string of the molecule is CCSc1nnc(SCc2cccc(F)c2F)s1. The molecule has 0 fully saturated rings. The molecule has 0 aliphatic rings. The largest absolute Gasteiger partial charge is 0.204 e. The van der Waals surface area contributed by atoms with Gasteiger partial charge in [-0.05, 0) is 11.8 Å². The van der Waals surface area contributed by atoms with Crippen LogP contribution in [0, 0.1) is 11.6 Å². The second-order valence-electron chi connectivity index (χ2n) is 3.27. The van der Waals surface area contributed by atoms with E-state index >= 15 is 0 Å². The smallest absolute Gasteiger partial charge is 0.175 e. The van der Waals surface area contributed by atoms with Gasteiger partial charge in [0.1, 0.15) is 0 Å². The standard InChI is InChI=1S/C11H10F2N2S3/c1-2-16-10-14-15-11(18-10)17-6-7-4-3-5-8(12)9(7)13/h3-5H,2,6H2,1H3. The van der Waals surface area contributed by atoms with Crippen LogP contribution in [0.4, 0.5) is 8.78 Å². The first-order valence-corrected chi connectivity index (χ1v) is 8.01. The van der Waals surface area contributed by atoms with Gasteiger partial charge < -0.3 is 0 Å². The molecule has 1 aromatic carbocycles. The Labute approximate surface area is 116 Å². The van der Waals surface area contributed by atoms with Crippen molar-refractivity contribution in [3.8, 4) is 0 Å². The van der Waals surface area contributed by atoms with Gasteiger partial charge in [0.15, 0.2) is 20.3 Å². The maximum atomic E-state index is 13.4. The fourth-order valence-electron chi connectivity index (χ4n) is 1.24. The average molecular weight is 304 g/mol. The molecule has 2 nitrogen and oxygen atoms in total. The summed E-state index contributed by atoms with van der Waals surface area (Å²) in [7, 11) is 0. The van der Waals surface area contributed by atoms with Gasteiger partial charge in [-0.1, -0.05) is 53.9 Å². The Kier molecular flexibility index (Phi) is 4.96. The van der Waals surface area contributed by atoms with Crippen LogP contribution in [0.1, 0.15) is 12.5 Å². The zero-order chi connectivity index (χ0) is 13.0. The van der Waals surface area contributed by atoms with Crippen LogP contribution in [0.3, 0.4) is 0 Å². The summed E-state index contributed by atoms with van der Waals surface area (Å²) in [4.78, 5) is 0. The molecule has 0 aliphatic carbocycles. The molecule has 2 aromatic rings. The number of hydrogen-bond donors (Lipinski definition) is 0. The third-order valence-corrected chi connectivity index (χ3v) is 5.16. The first-order chi connectivity index (χ1) is 8.70. The molecule has 0 atom stereocenters. The minimum absolute atomic E-state index is 0.347. The first kappa shape index (κ1) is 13.8. The van der Waals surface area contributed by atoms with Gasteiger partial charge >= 0.3 is 0 Å². The van der Waals surface area contributed by atoms with Crippen LogP contribution >= 0.6 is 34.9 Å². The van der Waals surface area contributed by atoms with E-state index in [9.17, 15) is 8.78 Å². The number of aromatic nitrogens is 2. The van der Waals surface area contributed by atoms with E-state index in [0.717, 1.165) is 20.5 Å². The molecule has 0 saturated carbocycles. The second-order valence-corrected chi connectivity index (χ2v) is 6.98. The molecule has 0 bridgehead atoms. The van der Waals surface area contributed by atoms with Crippen molar-refractivity contribution in [1.82, 2.24) is 10.2 Å². The van der Waals surface area contributed by atoms with Gasteiger partial charge in [0, 0.05) is 11.3 Å². The molecule has 0 saturated heterocycles. The molecule has 0 aliphatic heterocycles. The number of rotatable bonds is 5. The van der Waals surface area contributed by atoms with E-state index in [0.29, 0.717) is 11.3 Å². The Morgan fingerprint density at radius 3 is 2.61 bits per heavy atom. The second kappa shape index (κ2) is 6.49. The fraction of sp³-hybridized carbons (Fsp3) is 0.273. The fourth-order valence-corrected chi connectivity index (χ4v) is 4.13. The van der Waals surface area contributed by atoms with Gasteiger partial charge in [-0.25, -0.2) is 8.78 Å². The van der Waals surface area contributed by atoms with Crippen LogP contribution in [0.15, 0.2) is 26.9 Å². The molecule has 1 aromatic heterocycles. The molecular formula is C11H10F2N2S3. The number of hydrogen-bond acceptors (Lipinski definition) is 5.